The summed E-state index contributed by atoms with van der Waals surface area (Å²) in [6.45, 7) is 5.42. The third-order valence-corrected chi connectivity index (χ3v) is 3.64. The Bertz CT molecular complexity index is 177. The average Bonchev–Trinajstić information content (AvgIpc) is 2.85. The maximum atomic E-state index is 9.56. The van der Waals surface area contributed by atoms with Gasteiger partial charge in [0.15, 0.2) is 0 Å². The Hall–Kier alpha value is -0.0800. The lowest BCUT2D eigenvalue weighted by atomic mass is 9.95. The average molecular weight is 183 g/mol. The molecule has 1 aliphatic carbocycles. The number of aliphatic hydroxyl groups is 1. The van der Waals surface area contributed by atoms with E-state index < -0.39 is 0 Å². The van der Waals surface area contributed by atoms with Crippen LogP contribution in [-0.4, -0.2) is 35.7 Å². The van der Waals surface area contributed by atoms with Gasteiger partial charge in [-0.15, -0.1) is 0 Å². The van der Waals surface area contributed by atoms with Crippen molar-refractivity contribution in [3.8, 4) is 0 Å². The molecule has 1 N–H and O–H groups in total. The summed E-state index contributed by atoms with van der Waals surface area (Å²) in [6, 6.07) is 0. The molecular formula is C11H21NO. The van der Waals surface area contributed by atoms with Gasteiger partial charge in [-0.2, -0.15) is 0 Å². The maximum absolute atomic E-state index is 9.56. The first kappa shape index (κ1) is 9.47. The molecule has 1 heterocycles. The van der Waals surface area contributed by atoms with Gasteiger partial charge in [0.05, 0.1) is 6.10 Å². The second-order valence-corrected chi connectivity index (χ2v) is 4.90. The van der Waals surface area contributed by atoms with Gasteiger partial charge in [0.25, 0.3) is 0 Å². The lowest BCUT2D eigenvalue weighted by molar-refractivity contribution is 0.0769. The number of aliphatic hydroxyl groups excluding tert-OH is 1. The summed E-state index contributed by atoms with van der Waals surface area (Å²) in [5, 5.41) is 9.56. The van der Waals surface area contributed by atoms with Crippen molar-refractivity contribution in [1.29, 1.82) is 0 Å². The fourth-order valence-corrected chi connectivity index (χ4v) is 2.48. The standard InChI is InChI=1S/C11H21NO/c1-2-10(13)8-12-7-3-4-11(9-12)5-6-11/h10,13H,2-9H2,1H3/t10-/m0/s1. The Morgan fingerprint density at radius 2 is 2.15 bits per heavy atom. The Labute approximate surface area is 80.9 Å². The molecule has 1 saturated heterocycles. The number of likely N-dealkylation sites (tertiary alicyclic amines) is 1. The van der Waals surface area contributed by atoms with Gasteiger partial charge >= 0.3 is 0 Å². The van der Waals surface area contributed by atoms with Crippen LogP contribution < -0.4 is 0 Å². The van der Waals surface area contributed by atoms with Crippen LogP contribution in [0.25, 0.3) is 0 Å². The molecule has 0 aromatic rings. The fraction of sp³-hybridized carbons (Fsp3) is 1.00. The number of piperidine rings is 1. The maximum Gasteiger partial charge on any atom is 0.0664 e. The van der Waals surface area contributed by atoms with Crippen LogP contribution in [0.4, 0.5) is 0 Å². The van der Waals surface area contributed by atoms with Crippen LogP contribution in [0.15, 0.2) is 0 Å². The van der Waals surface area contributed by atoms with Crippen LogP contribution >= 0.6 is 0 Å². The molecule has 2 nitrogen and oxygen atoms in total. The predicted octanol–water partition coefficient (Wildman–Crippen LogP) is 1.63. The van der Waals surface area contributed by atoms with Gasteiger partial charge < -0.3 is 10.0 Å². The first-order valence-electron chi connectivity index (χ1n) is 5.64. The molecule has 2 rings (SSSR count). The molecule has 0 unspecified atom stereocenters. The van der Waals surface area contributed by atoms with Crippen molar-refractivity contribution in [3.63, 3.8) is 0 Å². The third kappa shape index (κ3) is 2.23. The molecule has 1 atom stereocenters. The largest absolute Gasteiger partial charge is 0.392 e. The second kappa shape index (κ2) is 3.58. The number of rotatable bonds is 3. The van der Waals surface area contributed by atoms with Crippen LogP contribution in [0.5, 0.6) is 0 Å². The van der Waals surface area contributed by atoms with Crippen molar-refractivity contribution in [2.75, 3.05) is 19.6 Å². The summed E-state index contributed by atoms with van der Waals surface area (Å²) in [7, 11) is 0. The second-order valence-electron chi connectivity index (χ2n) is 4.90. The van der Waals surface area contributed by atoms with E-state index in [1.807, 2.05) is 0 Å². The molecule has 0 bridgehead atoms. The van der Waals surface area contributed by atoms with Crippen molar-refractivity contribution >= 4 is 0 Å². The zero-order valence-corrected chi connectivity index (χ0v) is 8.63. The van der Waals surface area contributed by atoms with E-state index in [9.17, 15) is 5.11 Å². The quantitative estimate of drug-likeness (QED) is 0.719. The molecule has 2 aliphatic rings. The van der Waals surface area contributed by atoms with Gasteiger partial charge in [0.2, 0.25) is 0 Å². The summed E-state index contributed by atoms with van der Waals surface area (Å²) in [4.78, 5) is 2.46. The highest BCUT2D eigenvalue weighted by atomic mass is 16.3. The van der Waals surface area contributed by atoms with E-state index in [0.29, 0.717) is 5.41 Å². The van der Waals surface area contributed by atoms with Gasteiger partial charge in [0.1, 0.15) is 0 Å². The van der Waals surface area contributed by atoms with E-state index in [1.54, 1.807) is 0 Å². The van der Waals surface area contributed by atoms with Crippen LogP contribution in [0.1, 0.15) is 39.0 Å². The molecule has 0 aromatic carbocycles. The van der Waals surface area contributed by atoms with Crippen molar-refractivity contribution in [3.05, 3.63) is 0 Å². The van der Waals surface area contributed by atoms with Crippen molar-refractivity contribution in [1.82, 2.24) is 4.90 Å². The van der Waals surface area contributed by atoms with E-state index in [-0.39, 0.29) is 6.10 Å². The Balaban J connectivity index is 1.79. The Kier molecular flexibility index (Phi) is 2.61. The molecule has 0 amide bonds. The SMILES string of the molecule is CC[C@H](O)CN1CCCC2(CC2)C1. The van der Waals surface area contributed by atoms with Crippen molar-refractivity contribution in [2.45, 2.75) is 45.1 Å². The molecule has 1 aliphatic heterocycles. The molecule has 2 heteroatoms. The third-order valence-electron chi connectivity index (χ3n) is 3.64. The number of hydrogen-bond acceptors (Lipinski definition) is 2. The van der Waals surface area contributed by atoms with E-state index in [4.69, 9.17) is 0 Å². The van der Waals surface area contributed by atoms with E-state index in [2.05, 4.69) is 11.8 Å². The summed E-state index contributed by atoms with van der Waals surface area (Å²) < 4.78 is 0. The van der Waals surface area contributed by atoms with Crippen LogP contribution in [0.2, 0.25) is 0 Å². The summed E-state index contributed by atoms with van der Waals surface area (Å²) >= 11 is 0. The lowest BCUT2D eigenvalue weighted by Crippen LogP contribution is -2.40. The molecule has 76 valence electrons. The number of β-amino-alcohol motifs (C(OH)–C–C–N with tert-alkyl or cyclic N) is 1. The molecule has 0 aromatic heterocycles. The molecule has 13 heavy (non-hydrogen) atoms. The molecule has 1 spiro atoms. The van der Waals surface area contributed by atoms with Gasteiger partial charge in [-0.05, 0) is 44.1 Å². The Morgan fingerprint density at radius 1 is 1.38 bits per heavy atom. The minimum atomic E-state index is -0.103. The van der Waals surface area contributed by atoms with E-state index in [1.165, 1.54) is 38.8 Å². The summed E-state index contributed by atoms with van der Waals surface area (Å²) in [6.07, 6.45) is 6.44. The topological polar surface area (TPSA) is 23.5 Å². The van der Waals surface area contributed by atoms with E-state index >= 15 is 0 Å². The molecule has 2 fully saturated rings. The Morgan fingerprint density at radius 3 is 2.77 bits per heavy atom. The first-order chi connectivity index (χ1) is 6.24. The van der Waals surface area contributed by atoms with Crippen molar-refractivity contribution < 1.29 is 5.11 Å². The zero-order chi connectivity index (χ0) is 9.31. The molecule has 1 saturated carbocycles. The van der Waals surface area contributed by atoms with E-state index in [0.717, 1.165) is 13.0 Å². The lowest BCUT2D eigenvalue weighted by Gasteiger charge is -2.33. The fourth-order valence-electron chi connectivity index (χ4n) is 2.48. The summed E-state index contributed by atoms with van der Waals surface area (Å²) in [5.74, 6) is 0. The van der Waals surface area contributed by atoms with Crippen LogP contribution in [0.3, 0.4) is 0 Å². The summed E-state index contributed by atoms with van der Waals surface area (Å²) in [5.41, 5.74) is 0.700. The monoisotopic (exact) mass is 183 g/mol. The highest BCUT2D eigenvalue weighted by Gasteiger charge is 2.45. The smallest absolute Gasteiger partial charge is 0.0664 e. The van der Waals surface area contributed by atoms with Gasteiger partial charge in [-0.25, -0.2) is 0 Å². The van der Waals surface area contributed by atoms with Crippen LogP contribution in [0, 0.1) is 5.41 Å². The highest BCUT2D eigenvalue weighted by Crippen LogP contribution is 2.51. The first-order valence-corrected chi connectivity index (χ1v) is 5.64. The zero-order valence-electron chi connectivity index (χ0n) is 8.63. The predicted molar refractivity (Wildman–Crippen MR) is 53.6 cm³/mol. The van der Waals surface area contributed by atoms with Gasteiger partial charge in [-0.3, -0.25) is 0 Å². The van der Waals surface area contributed by atoms with Gasteiger partial charge in [-0.1, -0.05) is 6.92 Å². The number of nitrogens with zero attached hydrogens (tertiary/aromatic N) is 1. The van der Waals surface area contributed by atoms with Gasteiger partial charge in [0, 0.05) is 13.1 Å². The number of hydrogen-bond donors (Lipinski definition) is 1. The molecular weight excluding hydrogens is 162 g/mol. The normalized spacial score (nSPS) is 29.1. The minimum absolute atomic E-state index is 0.103. The van der Waals surface area contributed by atoms with Crippen molar-refractivity contribution in [2.24, 2.45) is 5.41 Å². The molecule has 0 radical (unpaired) electrons. The highest BCUT2D eigenvalue weighted by molar-refractivity contribution is 4.98. The minimum Gasteiger partial charge on any atom is -0.392 e. The van der Waals surface area contributed by atoms with Crippen LogP contribution in [-0.2, 0) is 0 Å².